The fraction of sp³-hybridized carbons (Fsp3) is 0.320. The first kappa shape index (κ1) is 22.9. The van der Waals surface area contributed by atoms with Gasteiger partial charge in [-0.15, -0.1) is 0 Å². The molecule has 0 spiro atoms. The average molecular weight is 464 g/mol. The summed E-state index contributed by atoms with van der Waals surface area (Å²) in [6.07, 6.45) is 3.95. The van der Waals surface area contributed by atoms with Crippen molar-refractivity contribution in [2.24, 2.45) is 0 Å². The van der Waals surface area contributed by atoms with Crippen molar-refractivity contribution >= 4 is 39.6 Å². The van der Waals surface area contributed by atoms with Gasteiger partial charge in [0.15, 0.2) is 0 Å². The number of fused-ring (bicyclic) bond motifs is 1. The molecule has 3 N–H and O–H groups in total. The van der Waals surface area contributed by atoms with E-state index in [9.17, 15) is 14.7 Å². The number of hydroxylamine groups is 1. The van der Waals surface area contributed by atoms with Gasteiger partial charge in [-0.25, -0.2) is 5.48 Å². The minimum atomic E-state index is -0.940. The molecule has 0 aliphatic heterocycles. The van der Waals surface area contributed by atoms with E-state index in [1.165, 1.54) is 11.5 Å². The van der Waals surface area contributed by atoms with Crippen molar-refractivity contribution in [2.45, 2.75) is 50.9 Å². The molecule has 1 amide bonds. The van der Waals surface area contributed by atoms with Gasteiger partial charge in [-0.1, -0.05) is 36.8 Å². The van der Waals surface area contributed by atoms with Crippen LogP contribution >= 0.6 is 11.5 Å². The maximum absolute atomic E-state index is 12.6. The number of amides is 1. The maximum Gasteiger partial charge on any atom is 0.268 e. The summed E-state index contributed by atoms with van der Waals surface area (Å²) in [5, 5.41) is 14.1. The van der Waals surface area contributed by atoms with Crippen LogP contribution in [0.3, 0.4) is 0 Å². The van der Waals surface area contributed by atoms with Crippen LogP contribution in [0.1, 0.15) is 54.1 Å². The first-order valence-corrected chi connectivity index (χ1v) is 11.7. The summed E-state index contributed by atoms with van der Waals surface area (Å²) >= 11 is 1.29. The summed E-state index contributed by atoms with van der Waals surface area (Å²) in [7, 11) is 0. The lowest BCUT2D eigenvalue weighted by molar-refractivity contribution is -0.141. The summed E-state index contributed by atoms with van der Waals surface area (Å²) < 4.78 is 5.34. The molecular weight excluding hydrogens is 438 g/mol. The van der Waals surface area contributed by atoms with Crippen LogP contribution in [0.5, 0.6) is 0 Å². The summed E-state index contributed by atoms with van der Waals surface area (Å²) in [5.41, 5.74) is 4.75. The number of aliphatic hydroxyl groups is 1. The van der Waals surface area contributed by atoms with Crippen LogP contribution in [-0.4, -0.2) is 39.9 Å². The largest absolute Gasteiger partial charge is 0.391 e. The number of nitrogens with zero attached hydrogens (tertiary/aromatic N) is 1. The molecule has 0 saturated heterocycles. The van der Waals surface area contributed by atoms with Crippen molar-refractivity contribution < 1.29 is 19.5 Å². The fourth-order valence-corrected chi connectivity index (χ4v) is 4.46. The van der Waals surface area contributed by atoms with Crippen LogP contribution in [0.4, 0.5) is 5.82 Å². The van der Waals surface area contributed by atoms with E-state index in [0.717, 1.165) is 53.2 Å². The fourth-order valence-electron chi connectivity index (χ4n) is 3.67. The molecule has 7 nitrogen and oxygen atoms in total. The Hall–Kier alpha value is -3.25. The third kappa shape index (κ3) is 5.76. The molecule has 1 aliphatic carbocycles. The molecule has 2 aromatic carbocycles. The molecule has 170 valence electrons. The van der Waals surface area contributed by atoms with Crippen LogP contribution in [0.2, 0.25) is 0 Å². The van der Waals surface area contributed by atoms with Crippen molar-refractivity contribution in [3.8, 4) is 11.8 Å². The molecule has 0 radical (unpaired) electrons. The molecule has 1 fully saturated rings. The predicted molar refractivity (Wildman–Crippen MR) is 128 cm³/mol. The topological polar surface area (TPSA) is 101 Å². The van der Waals surface area contributed by atoms with E-state index in [1.807, 2.05) is 30.3 Å². The van der Waals surface area contributed by atoms with E-state index in [1.54, 1.807) is 19.1 Å². The van der Waals surface area contributed by atoms with Gasteiger partial charge in [0.1, 0.15) is 18.1 Å². The molecule has 1 aromatic heterocycles. The molecule has 3 aromatic rings. The van der Waals surface area contributed by atoms with Crippen molar-refractivity contribution in [1.29, 1.82) is 0 Å². The van der Waals surface area contributed by atoms with Gasteiger partial charge in [0.05, 0.1) is 16.9 Å². The average Bonchev–Trinajstić information content (AvgIpc) is 3.49. The first-order valence-electron chi connectivity index (χ1n) is 10.9. The van der Waals surface area contributed by atoms with Gasteiger partial charge >= 0.3 is 0 Å². The van der Waals surface area contributed by atoms with E-state index in [-0.39, 0.29) is 6.10 Å². The van der Waals surface area contributed by atoms with Gasteiger partial charge in [-0.3, -0.25) is 14.4 Å². The van der Waals surface area contributed by atoms with E-state index >= 15 is 0 Å². The molecule has 1 heterocycles. The SMILES string of the molecule is C[C@@H](O)[C@H](Nc1nsc2cc(C#Cc3ccc(C=O)cc3)ccc12)C(=O)NOC1CCCC1. The van der Waals surface area contributed by atoms with Gasteiger partial charge in [0, 0.05) is 22.1 Å². The predicted octanol–water partition coefficient (Wildman–Crippen LogP) is 3.66. The number of anilines is 1. The lowest BCUT2D eigenvalue weighted by atomic mass is 10.1. The Morgan fingerprint density at radius 2 is 1.88 bits per heavy atom. The minimum absolute atomic E-state index is 0.0335. The standard InChI is InChI=1S/C25H25N3O4S/c1-16(30)23(25(31)27-32-20-4-2-3-5-20)26-24-21-13-12-18(14-22(21)33-28-24)9-6-17-7-10-19(15-29)11-8-17/h7-8,10-16,20,23,30H,2-5H2,1H3,(H,26,28)(H,27,31)/t16-,23+/m1/s1. The highest BCUT2D eigenvalue weighted by Gasteiger charge is 2.27. The van der Waals surface area contributed by atoms with E-state index in [2.05, 4.69) is 27.0 Å². The number of rotatable bonds is 7. The zero-order chi connectivity index (χ0) is 23.2. The smallest absolute Gasteiger partial charge is 0.268 e. The molecule has 33 heavy (non-hydrogen) atoms. The zero-order valence-electron chi connectivity index (χ0n) is 18.2. The molecule has 8 heteroatoms. The monoisotopic (exact) mass is 463 g/mol. The quantitative estimate of drug-likeness (QED) is 0.281. The molecule has 0 unspecified atom stereocenters. The number of aldehydes is 1. The first-order chi connectivity index (χ1) is 16.0. The number of carbonyl (C=O) groups excluding carboxylic acids is 2. The van der Waals surface area contributed by atoms with Gasteiger partial charge in [-0.2, -0.15) is 4.37 Å². The third-order valence-corrected chi connectivity index (χ3v) is 6.36. The second kappa shape index (κ2) is 10.6. The van der Waals surface area contributed by atoms with Gasteiger partial charge in [0.25, 0.3) is 5.91 Å². The summed E-state index contributed by atoms with van der Waals surface area (Å²) in [5.74, 6) is 6.30. The molecule has 1 aliphatic rings. The Kier molecular flexibility index (Phi) is 7.35. The molecule has 2 atom stereocenters. The van der Waals surface area contributed by atoms with Crippen LogP contribution in [0.15, 0.2) is 42.5 Å². The van der Waals surface area contributed by atoms with Crippen LogP contribution < -0.4 is 10.8 Å². The van der Waals surface area contributed by atoms with Crippen molar-refractivity contribution in [2.75, 3.05) is 5.32 Å². The second-order valence-corrected chi connectivity index (χ2v) is 8.89. The number of hydrogen-bond donors (Lipinski definition) is 3. The van der Waals surface area contributed by atoms with Crippen LogP contribution in [0, 0.1) is 11.8 Å². The molecule has 1 saturated carbocycles. The lowest BCUT2D eigenvalue weighted by Crippen LogP contribution is -2.47. The Morgan fingerprint density at radius 3 is 2.58 bits per heavy atom. The Balaban J connectivity index is 1.46. The Morgan fingerprint density at radius 1 is 1.18 bits per heavy atom. The molecule has 4 rings (SSSR count). The number of benzene rings is 2. The van der Waals surface area contributed by atoms with Crippen molar-refractivity contribution in [3.63, 3.8) is 0 Å². The van der Waals surface area contributed by atoms with E-state index < -0.39 is 18.1 Å². The Bertz CT molecular complexity index is 1190. The maximum atomic E-state index is 12.6. The second-order valence-electron chi connectivity index (χ2n) is 8.09. The van der Waals surface area contributed by atoms with Crippen LogP contribution in [0.25, 0.3) is 10.1 Å². The zero-order valence-corrected chi connectivity index (χ0v) is 19.0. The third-order valence-electron chi connectivity index (χ3n) is 5.56. The number of carbonyl (C=O) groups is 2. The summed E-state index contributed by atoms with van der Waals surface area (Å²) in [6.45, 7) is 1.55. The van der Waals surface area contributed by atoms with Gasteiger partial charge in [0.2, 0.25) is 0 Å². The minimum Gasteiger partial charge on any atom is -0.391 e. The highest BCUT2D eigenvalue weighted by molar-refractivity contribution is 7.13. The van der Waals surface area contributed by atoms with Gasteiger partial charge in [-0.05, 0) is 61.6 Å². The summed E-state index contributed by atoms with van der Waals surface area (Å²) in [6, 6.07) is 11.9. The normalized spacial score (nSPS) is 15.5. The van der Waals surface area contributed by atoms with Gasteiger partial charge < -0.3 is 10.4 Å². The van der Waals surface area contributed by atoms with Crippen molar-refractivity contribution in [3.05, 3.63) is 59.2 Å². The number of aromatic nitrogens is 1. The number of nitrogens with one attached hydrogen (secondary N) is 2. The molecular formula is C25H25N3O4S. The van der Waals surface area contributed by atoms with Crippen molar-refractivity contribution in [1.82, 2.24) is 9.85 Å². The lowest BCUT2D eigenvalue weighted by Gasteiger charge is -2.21. The van der Waals surface area contributed by atoms with Crippen LogP contribution in [-0.2, 0) is 9.63 Å². The molecule has 0 bridgehead atoms. The Labute approximate surface area is 196 Å². The highest BCUT2D eigenvalue weighted by Crippen LogP contribution is 2.28. The number of hydrogen-bond acceptors (Lipinski definition) is 7. The summed E-state index contributed by atoms with van der Waals surface area (Å²) in [4.78, 5) is 28.9. The highest BCUT2D eigenvalue weighted by atomic mass is 32.1. The number of aliphatic hydroxyl groups excluding tert-OH is 1. The van der Waals surface area contributed by atoms with E-state index in [4.69, 9.17) is 4.84 Å². The van der Waals surface area contributed by atoms with E-state index in [0.29, 0.717) is 11.4 Å².